The van der Waals surface area contributed by atoms with Crippen LogP contribution in [-0.4, -0.2) is 142 Å². The lowest BCUT2D eigenvalue weighted by Gasteiger charge is -2.28. The molecule has 1 saturated heterocycles. The van der Waals surface area contributed by atoms with E-state index in [0.29, 0.717) is 12.0 Å². The molecular formula is C40H62N10O12. The quantitative estimate of drug-likeness (QED) is 0.0477. The molecule has 0 unspecified atom stereocenters. The van der Waals surface area contributed by atoms with Crippen molar-refractivity contribution in [3.05, 3.63) is 35.9 Å². The number of hydrogen-bond acceptors (Lipinski definition) is 12. The number of aliphatic hydroxyl groups is 1. The summed E-state index contributed by atoms with van der Waals surface area (Å²) in [6.07, 6.45) is 0.225. The number of carbonyl (C=O) groups excluding carboxylic acids is 9. The van der Waals surface area contributed by atoms with Crippen LogP contribution in [0.3, 0.4) is 0 Å². The van der Waals surface area contributed by atoms with Crippen LogP contribution in [0.15, 0.2) is 30.3 Å². The Labute approximate surface area is 359 Å². The first-order valence-electron chi connectivity index (χ1n) is 20.4. The molecule has 62 heavy (non-hydrogen) atoms. The number of benzene rings is 1. The van der Waals surface area contributed by atoms with Crippen LogP contribution in [0, 0.1) is 11.8 Å². The first-order valence-corrected chi connectivity index (χ1v) is 20.4. The highest BCUT2D eigenvalue weighted by Gasteiger charge is 2.37. The third-order valence-corrected chi connectivity index (χ3v) is 9.87. The van der Waals surface area contributed by atoms with Gasteiger partial charge in [0, 0.05) is 13.0 Å². The highest BCUT2D eigenvalue weighted by molar-refractivity contribution is 5.98. The maximum absolute atomic E-state index is 13.6. The molecule has 1 heterocycles. The molecule has 0 saturated carbocycles. The van der Waals surface area contributed by atoms with Gasteiger partial charge in [0.05, 0.1) is 25.6 Å². The van der Waals surface area contributed by atoms with E-state index in [4.69, 9.17) is 11.5 Å². The standard InChI is InChI=1S/C40H62N10O12/c1-20(2)15-25(35(56)45-23(6)39(60)50-14-10-13-29(50)40(61)62)47-33(54)22(5)44-36(57)26(16-24-11-8-7-9-12-24)46-31(53)18-43-34(55)28(19-51)49-37(58)27(17-30(41)52)48-38(59)32(42)21(3)4/h7-9,11-12,20-23,25-29,32,51H,10,13-19,42H2,1-6H3,(H2,41,52)(H,43,55)(H,44,57)(H,45,56)(H,46,53)(H,47,54)(H,48,59)(H,49,58)(H,61,62)/t22-,23-,25-,26-,27-,28-,29-,32-/m0/s1. The maximum atomic E-state index is 13.6. The van der Waals surface area contributed by atoms with Crippen LogP contribution in [0.1, 0.15) is 72.8 Å². The number of likely N-dealkylation sites (tertiary alicyclic amines) is 1. The van der Waals surface area contributed by atoms with Crippen LogP contribution in [0.2, 0.25) is 0 Å². The van der Waals surface area contributed by atoms with Gasteiger partial charge in [-0.3, -0.25) is 43.2 Å². The maximum Gasteiger partial charge on any atom is 0.326 e. The van der Waals surface area contributed by atoms with Crippen LogP contribution in [0.25, 0.3) is 0 Å². The van der Waals surface area contributed by atoms with E-state index in [1.807, 2.05) is 13.8 Å². The molecule has 9 amide bonds. The zero-order valence-electron chi connectivity index (χ0n) is 35.9. The van der Waals surface area contributed by atoms with Crippen molar-refractivity contribution in [3.63, 3.8) is 0 Å². The van der Waals surface area contributed by atoms with Gasteiger partial charge in [0.25, 0.3) is 0 Å². The number of rotatable bonds is 24. The second-order valence-electron chi connectivity index (χ2n) is 16.0. The fourth-order valence-corrected chi connectivity index (χ4v) is 6.33. The van der Waals surface area contributed by atoms with Crippen molar-refractivity contribution in [2.24, 2.45) is 23.3 Å². The van der Waals surface area contributed by atoms with Gasteiger partial charge in [-0.2, -0.15) is 0 Å². The molecule has 0 aliphatic carbocycles. The predicted octanol–water partition coefficient (Wildman–Crippen LogP) is -3.73. The van der Waals surface area contributed by atoms with E-state index in [2.05, 4.69) is 37.2 Å². The van der Waals surface area contributed by atoms with Crippen molar-refractivity contribution in [1.29, 1.82) is 0 Å². The van der Waals surface area contributed by atoms with Gasteiger partial charge < -0.3 is 63.8 Å². The summed E-state index contributed by atoms with van der Waals surface area (Å²) in [6.45, 7) is 8.23. The number of nitrogens with zero attached hydrogens (tertiary/aromatic N) is 1. The molecule has 13 N–H and O–H groups in total. The number of carbonyl (C=O) groups is 10. The Morgan fingerprint density at radius 3 is 1.84 bits per heavy atom. The lowest BCUT2D eigenvalue weighted by Crippen LogP contribution is -2.59. The van der Waals surface area contributed by atoms with Crippen LogP contribution in [0.4, 0.5) is 0 Å². The summed E-state index contributed by atoms with van der Waals surface area (Å²) < 4.78 is 0. The molecule has 1 aromatic carbocycles. The molecular weight excluding hydrogens is 812 g/mol. The number of nitrogens with two attached hydrogens (primary N) is 2. The largest absolute Gasteiger partial charge is 0.480 e. The number of primary amides is 1. The SMILES string of the molecule is CC(C)C[C@H](NC(=O)[C@H](C)NC(=O)[C@H](Cc1ccccc1)NC(=O)CNC(=O)[C@H](CO)NC(=O)[C@H](CC(N)=O)NC(=O)[C@@H](N)C(C)C)C(=O)N[C@@H](C)C(=O)N1CCC[C@H]1C(=O)O. The van der Waals surface area contributed by atoms with Crippen LogP contribution < -0.4 is 48.7 Å². The third kappa shape index (κ3) is 16.7. The van der Waals surface area contributed by atoms with Gasteiger partial charge in [0.15, 0.2) is 0 Å². The number of aliphatic carboxylic acids is 1. The summed E-state index contributed by atoms with van der Waals surface area (Å²) in [7, 11) is 0. The van der Waals surface area contributed by atoms with Crippen molar-refractivity contribution < 1.29 is 58.2 Å². The van der Waals surface area contributed by atoms with Gasteiger partial charge in [-0.25, -0.2) is 4.79 Å². The summed E-state index contributed by atoms with van der Waals surface area (Å²) in [5.41, 5.74) is 11.7. The van der Waals surface area contributed by atoms with E-state index in [1.165, 1.54) is 18.7 Å². The van der Waals surface area contributed by atoms with E-state index in [9.17, 15) is 58.2 Å². The van der Waals surface area contributed by atoms with E-state index in [-0.39, 0.29) is 37.6 Å². The minimum Gasteiger partial charge on any atom is -0.480 e. The first-order chi connectivity index (χ1) is 29.0. The van der Waals surface area contributed by atoms with Gasteiger partial charge in [0.1, 0.15) is 42.3 Å². The molecule has 0 bridgehead atoms. The molecule has 22 nitrogen and oxygen atoms in total. The van der Waals surface area contributed by atoms with E-state index in [1.54, 1.807) is 44.2 Å². The lowest BCUT2D eigenvalue weighted by atomic mass is 10.0. The average Bonchev–Trinajstić information content (AvgIpc) is 3.71. The Kier molecular flexibility index (Phi) is 20.9. The summed E-state index contributed by atoms with van der Waals surface area (Å²) in [6, 6.07) is -1.49. The third-order valence-electron chi connectivity index (χ3n) is 9.87. The Morgan fingerprint density at radius 2 is 1.27 bits per heavy atom. The Balaban J connectivity index is 2.11. The molecule has 8 atom stereocenters. The molecule has 344 valence electrons. The molecule has 0 radical (unpaired) electrons. The zero-order chi connectivity index (χ0) is 46.8. The van der Waals surface area contributed by atoms with Crippen LogP contribution in [0.5, 0.6) is 0 Å². The Hall–Kier alpha value is -6.16. The lowest BCUT2D eigenvalue weighted by molar-refractivity contribution is -0.149. The van der Waals surface area contributed by atoms with Crippen LogP contribution >= 0.6 is 0 Å². The Morgan fingerprint density at radius 1 is 0.710 bits per heavy atom. The number of carboxylic acid groups (broad SMARTS) is 1. The van der Waals surface area contributed by atoms with E-state index in [0.717, 1.165) is 0 Å². The number of aliphatic hydroxyl groups excluding tert-OH is 1. The number of carboxylic acids is 1. The second kappa shape index (κ2) is 24.9. The molecule has 1 aromatic rings. The summed E-state index contributed by atoms with van der Waals surface area (Å²) in [5, 5.41) is 36.3. The van der Waals surface area contributed by atoms with Gasteiger partial charge >= 0.3 is 5.97 Å². The molecule has 1 fully saturated rings. The van der Waals surface area contributed by atoms with Crippen LogP contribution in [-0.2, 0) is 54.4 Å². The van der Waals surface area contributed by atoms with Gasteiger partial charge in [-0.05, 0) is 50.5 Å². The molecule has 22 heteroatoms. The highest BCUT2D eigenvalue weighted by atomic mass is 16.4. The monoisotopic (exact) mass is 874 g/mol. The smallest absolute Gasteiger partial charge is 0.326 e. The molecule has 0 spiro atoms. The predicted molar refractivity (Wildman–Crippen MR) is 222 cm³/mol. The Bertz CT molecular complexity index is 1780. The van der Waals surface area contributed by atoms with Crippen molar-refractivity contribution in [2.75, 3.05) is 19.7 Å². The minimum atomic E-state index is -1.65. The van der Waals surface area contributed by atoms with Crippen molar-refractivity contribution in [2.45, 2.75) is 122 Å². The van der Waals surface area contributed by atoms with Crippen molar-refractivity contribution >= 4 is 59.1 Å². The molecule has 1 aliphatic rings. The minimum absolute atomic E-state index is 0.0620. The normalized spacial score (nSPS) is 16.9. The van der Waals surface area contributed by atoms with Gasteiger partial charge in [0.2, 0.25) is 53.2 Å². The van der Waals surface area contributed by atoms with Crippen molar-refractivity contribution in [1.82, 2.24) is 42.1 Å². The molecule has 2 rings (SSSR count). The van der Waals surface area contributed by atoms with E-state index >= 15 is 0 Å². The summed E-state index contributed by atoms with van der Waals surface area (Å²) in [4.78, 5) is 129. The first kappa shape index (κ1) is 52.0. The van der Waals surface area contributed by atoms with Gasteiger partial charge in [-0.1, -0.05) is 58.0 Å². The highest BCUT2D eigenvalue weighted by Crippen LogP contribution is 2.19. The van der Waals surface area contributed by atoms with E-state index < -0.39 is 127 Å². The summed E-state index contributed by atoms with van der Waals surface area (Å²) >= 11 is 0. The number of hydrogen-bond donors (Lipinski definition) is 11. The average molecular weight is 875 g/mol. The molecule has 0 aromatic heterocycles. The van der Waals surface area contributed by atoms with Crippen molar-refractivity contribution in [3.8, 4) is 0 Å². The second-order valence-corrected chi connectivity index (χ2v) is 16.0. The number of nitrogens with one attached hydrogen (secondary N) is 7. The molecule has 1 aliphatic heterocycles. The fraction of sp³-hybridized carbons (Fsp3) is 0.600. The fourth-order valence-electron chi connectivity index (χ4n) is 6.33. The topological polar surface area (TPSA) is 351 Å². The van der Waals surface area contributed by atoms with Gasteiger partial charge in [-0.15, -0.1) is 0 Å². The number of amides is 9. The summed E-state index contributed by atoms with van der Waals surface area (Å²) in [5.74, 6) is -9.09. The zero-order valence-corrected chi connectivity index (χ0v) is 35.9.